The van der Waals surface area contributed by atoms with Crippen LogP contribution in [0.1, 0.15) is 16.3 Å². The second-order valence-electron chi connectivity index (χ2n) is 2.92. The third-order valence-corrected chi connectivity index (χ3v) is 2.26. The average Bonchev–Trinajstić information content (AvgIpc) is 2.09. The summed E-state index contributed by atoms with van der Waals surface area (Å²) in [5.41, 5.74) is 0.133. The zero-order chi connectivity index (χ0) is 10.9. The van der Waals surface area contributed by atoms with Crippen LogP contribution >= 0.6 is 23.2 Å². The molecule has 6 heteroatoms. The maximum Gasteiger partial charge on any atom is 0.273 e. The molecule has 0 unspecified atom stereocenters. The van der Waals surface area contributed by atoms with Crippen LogP contribution in [0.4, 0.5) is 0 Å². The predicted molar refractivity (Wildman–Crippen MR) is 54.8 cm³/mol. The predicted octanol–water partition coefficient (Wildman–Crippen LogP) is 1.79. The second kappa shape index (κ2) is 4.11. The molecule has 4 nitrogen and oxygen atoms in total. The van der Waals surface area contributed by atoms with Gasteiger partial charge in [-0.05, 0) is 6.92 Å². The standard InChI is InChI=1S/C8H9Cl2N3O/c1-4-11-6(8(14)13(2)3)5(9)7(10)12-4/h1-3H3. The fraction of sp³-hybridized carbons (Fsp3) is 0.375. The molecule has 76 valence electrons. The van der Waals surface area contributed by atoms with Gasteiger partial charge in [0, 0.05) is 14.1 Å². The molecule has 1 aromatic rings. The van der Waals surface area contributed by atoms with Crippen molar-refractivity contribution >= 4 is 29.1 Å². The SMILES string of the molecule is Cc1nc(Cl)c(Cl)c(C(=O)N(C)C)n1. The van der Waals surface area contributed by atoms with Gasteiger partial charge in [-0.25, -0.2) is 9.97 Å². The molecule has 0 aliphatic heterocycles. The minimum Gasteiger partial charge on any atom is -0.343 e. The molecule has 1 rings (SSSR count). The van der Waals surface area contributed by atoms with Crippen molar-refractivity contribution in [3.63, 3.8) is 0 Å². The first kappa shape index (κ1) is 11.2. The molecule has 0 N–H and O–H groups in total. The first-order chi connectivity index (χ1) is 6.43. The van der Waals surface area contributed by atoms with E-state index in [0.717, 1.165) is 0 Å². The molecule has 0 saturated heterocycles. The van der Waals surface area contributed by atoms with Crippen molar-refractivity contribution in [3.8, 4) is 0 Å². The van der Waals surface area contributed by atoms with Gasteiger partial charge in [-0.1, -0.05) is 23.2 Å². The summed E-state index contributed by atoms with van der Waals surface area (Å²) in [4.78, 5) is 20.7. The monoisotopic (exact) mass is 233 g/mol. The summed E-state index contributed by atoms with van der Waals surface area (Å²) in [6.07, 6.45) is 0. The highest BCUT2D eigenvalue weighted by Crippen LogP contribution is 2.23. The Labute approximate surface area is 91.9 Å². The van der Waals surface area contributed by atoms with Crippen LogP contribution in [0.5, 0.6) is 0 Å². The lowest BCUT2D eigenvalue weighted by molar-refractivity contribution is 0.0821. The minimum absolute atomic E-state index is 0.0935. The van der Waals surface area contributed by atoms with Crippen LogP contribution in [0, 0.1) is 6.92 Å². The molecular formula is C8H9Cl2N3O. The van der Waals surface area contributed by atoms with Gasteiger partial charge < -0.3 is 4.90 Å². The van der Waals surface area contributed by atoms with E-state index in [-0.39, 0.29) is 21.8 Å². The number of halogens is 2. The first-order valence-electron chi connectivity index (χ1n) is 3.84. The van der Waals surface area contributed by atoms with Crippen molar-refractivity contribution in [1.82, 2.24) is 14.9 Å². The number of hydrogen-bond acceptors (Lipinski definition) is 3. The van der Waals surface area contributed by atoms with Gasteiger partial charge in [0.15, 0.2) is 10.8 Å². The van der Waals surface area contributed by atoms with Crippen LogP contribution in [0.3, 0.4) is 0 Å². The van der Waals surface area contributed by atoms with Gasteiger partial charge in [0.1, 0.15) is 10.8 Å². The average molecular weight is 234 g/mol. The van der Waals surface area contributed by atoms with Crippen molar-refractivity contribution < 1.29 is 4.79 Å². The Morgan fingerprint density at radius 1 is 1.29 bits per heavy atom. The molecule has 14 heavy (non-hydrogen) atoms. The summed E-state index contributed by atoms with van der Waals surface area (Å²) in [6.45, 7) is 1.65. The molecule has 1 aromatic heterocycles. The Kier molecular flexibility index (Phi) is 3.29. The number of carbonyl (C=O) groups is 1. The summed E-state index contributed by atoms with van der Waals surface area (Å²) >= 11 is 11.5. The summed E-state index contributed by atoms with van der Waals surface area (Å²) in [5, 5.41) is 0.195. The fourth-order valence-corrected chi connectivity index (χ4v) is 1.26. The number of aromatic nitrogens is 2. The molecule has 0 spiro atoms. The highest BCUT2D eigenvalue weighted by molar-refractivity contribution is 6.42. The minimum atomic E-state index is -0.289. The van der Waals surface area contributed by atoms with E-state index in [1.165, 1.54) is 4.90 Å². The summed E-state index contributed by atoms with van der Waals surface area (Å²) in [5.74, 6) is 0.131. The van der Waals surface area contributed by atoms with Crippen LogP contribution in [0.2, 0.25) is 10.2 Å². The lowest BCUT2D eigenvalue weighted by Crippen LogP contribution is -2.23. The maximum atomic E-state index is 11.6. The van der Waals surface area contributed by atoms with Crippen molar-refractivity contribution in [2.45, 2.75) is 6.92 Å². The quantitative estimate of drug-likeness (QED) is 0.696. The molecule has 0 saturated carbocycles. The van der Waals surface area contributed by atoms with Gasteiger partial charge in [-0.2, -0.15) is 0 Å². The molecule has 0 fully saturated rings. The topological polar surface area (TPSA) is 46.1 Å². The molecule has 0 bridgehead atoms. The lowest BCUT2D eigenvalue weighted by atomic mass is 10.3. The third-order valence-electron chi connectivity index (χ3n) is 1.53. The maximum absolute atomic E-state index is 11.6. The van der Waals surface area contributed by atoms with Crippen molar-refractivity contribution in [2.24, 2.45) is 0 Å². The van der Waals surface area contributed by atoms with Crippen LogP contribution < -0.4 is 0 Å². The Morgan fingerprint density at radius 3 is 2.36 bits per heavy atom. The van der Waals surface area contributed by atoms with Gasteiger partial charge in [0.25, 0.3) is 5.91 Å². The smallest absolute Gasteiger partial charge is 0.273 e. The molecule has 0 atom stereocenters. The normalized spacial score (nSPS) is 10.1. The van der Waals surface area contributed by atoms with Crippen molar-refractivity contribution in [3.05, 3.63) is 21.7 Å². The number of rotatable bonds is 1. The Balaban J connectivity index is 3.27. The van der Waals surface area contributed by atoms with Gasteiger partial charge in [-0.15, -0.1) is 0 Å². The molecule has 0 aromatic carbocycles. The zero-order valence-electron chi connectivity index (χ0n) is 8.01. The second-order valence-corrected chi connectivity index (χ2v) is 3.66. The van der Waals surface area contributed by atoms with Crippen molar-refractivity contribution in [1.29, 1.82) is 0 Å². The first-order valence-corrected chi connectivity index (χ1v) is 4.60. The number of amides is 1. The van der Waals surface area contributed by atoms with E-state index in [4.69, 9.17) is 23.2 Å². The van der Waals surface area contributed by atoms with Crippen LogP contribution in [0.15, 0.2) is 0 Å². The van der Waals surface area contributed by atoms with Crippen LogP contribution in [0.25, 0.3) is 0 Å². The largest absolute Gasteiger partial charge is 0.343 e. The van der Waals surface area contributed by atoms with Gasteiger partial charge in [0.05, 0.1) is 0 Å². The van der Waals surface area contributed by atoms with E-state index in [9.17, 15) is 4.79 Å². The van der Waals surface area contributed by atoms with Crippen LogP contribution in [-0.4, -0.2) is 34.9 Å². The fourth-order valence-electron chi connectivity index (χ4n) is 0.878. The molecule has 0 aliphatic carbocycles. The Morgan fingerprint density at radius 2 is 1.86 bits per heavy atom. The highest BCUT2D eigenvalue weighted by atomic mass is 35.5. The summed E-state index contributed by atoms with van der Waals surface area (Å²) in [6, 6.07) is 0. The van der Waals surface area contributed by atoms with E-state index in [1.54, 1.807) is 21.0 Å². The van der Waals surface area contributed by atoms with Gasteiger partial charge >= 0.3 is 0 Å². The molecule has 0 radical (unpaired) electrons. The number of carbonyl (C=O) groups excluding carboxylic acids is 1. The van der Waals surface area contributed by atoms with Gasteiger partial charge in [-0.3, -0.25) is 4.79 Å². The number of hydrogen-bond donors (Lipinski definition) is 0. The van der Waals surface area contributed by atoms with Crippen LogP contribution in [-0.2, 0) is 0 Å². The number of nitrogens with zero attached hydrogens (tertiary/aromatic N) is 3. The van der Waals surface area contributed by atoms with E-state index in [2.05, 4.69) is 9.97 Å². The van der Waals surface area contributed by atoms with Gasteiger partial charge in [0.2, 0.25) is 0 Å². The van der Waals surface area contributed by atoms with E-state index >= 15 is 0 Å². The van der Waals surface area contributed by atoms with Crippen molar-refractivity contribution in [2.75, 3.05) is 14.1 Å². The van der Waals surface area contributed by atoms with E-state index < -0.39 is 0 Å². The van der Waals surface area contributed by atoms with E-state index in [0.29, 0.717) is 5.82 Å². The molecular weight excluding hydrogens is 225 g/mol. The molecule has 0 aliphatic rings. The summed E-state index contributed by atoms with van der Waals surface area (Å²) < 4.78 is 0. The summed E-state index contributed by atoms with van der Waals surface area (Å²) in [7, 11) is 3.23. The number of aryl methyl sites for hydroxylation is 1. The van der Waals surface area contributed by atoms with E-state index in [1.807, 2.05) is 0 Å². The highest BCUT2D eigenvalue weighted by Gasteiger charge is 2.17. The third kappa shape index (κ3) is 2.13. The zero-order valence-corrected chi connectivity index (χ0v) is 9.52. The Bertz CT molecular complexity index is 379. The Hall–Kier alpha value is -0.870. The molecule has 1 amide bonds. The molecule has 1 heterocycles. The lowest BCUT2D eigenvalue weighted by Gasteiger charge is -2.11.